The normalized spacial score (nSPS) is 10.8. The van der Waals surface area contributed by atoms with Gasteiger partial charge in [0.1, 0.15) is 6.61 Å². The van der Waals surface area contributed by atoms with Crippen LogP contribution in [0.1, 0.15) is 0 Å². The summed E-state index contributed by atoms with van der Waals surface area (Å²) < 4.78 is 29.3. The molecule has 5 nitrogen and oxygen atoms in total. The lowest BCUT2D eigenvalue weighted by Crippen LogP contribution is -2.17. The summed E-state index contributed by atoms with van der Waals surface area (Å²) in [6, 6.07) is 14.2. The van der Waals surface area contributed by atoms with Crippen LogP contribution in [0.25, 0.3) is 0 Å². The fourth-order valence-corrected chi connectivity index (χ4v) is 2.87. The van der Waals surface area contributed by atoms with Gasteiger partial charge >= 0.3 is 6.09 Å². The minimum absolute atomic E-state index is 0.103. The molecule has 2 aromatic rings. The minimum atomic E-state index is -3.73. The van der Waals surface area contributed by atoms with E-state index in [-0.39, 0.29) is 9.80 Å². The van der Waals surface area contributed by atoms with Crippen molar-refractivity contribution in [3.05, 3.63) is 71.1 Å². The van der Waals surface area contributed by atoms with E-state index in [4.69, 9.17) is 16.3 Å². The van der Waals surface area contributed by atoms with Crippen molar-refractivity contribution in [1.82, 2.24) is 0 Å². The van der Waals surface area contributed by atoms with Crippen LogP contribution >= 0.6 is 11.6 Å². The molecule has 7 heteroatoms. The average Bonchev–Trinajstić information content (AvgIpc) is 2.55. The third-order valence-electron chi connectivity index (χ3n) is 2.89. The van der Waals surface area contributed by atoms with Crippen LogP contribution in [-0.2, 0) is 14.6 Å². The van der Waals surface area contributed by atoms with Crippen LogP contribution in [0.5, 0.6) is 0 Å². The molecule has 2 aromatic carbocycles. The third-order valence-corrected chi connectivity index (χ3v) is 4.91. The number of halogens is 1. The first kappa shape index (κ1) is 17.1. The third kappa shape index (κ3) is 4.58. The van der Waals surface area contributed by atoms with E-state index in [9.17, 15) is 13.2 Å². The molecule has 0 saturated carbocycles. The molecule has 0 radical (unpaired) electrons. The Kier molecular flexibility index (Phi) is 5.41. The largest absolute Gasteiger partial charge is 0.444 e. The first-order valence-electron chi connectivity index (χ1n) is 6.57. The molecule has 0 heterocycles. The second-order valence-electron chi connectivity index (χ2n) is 4.56. The van der Waals surface area contributed by atoms with Gasteiger partial charge in [-0.05, 0) is 36.4 Å². The highest BCUT2D eigenvalue weighted by molar-refractivity contribution is 7.95. The van der Waals surface area contributed by atoms with Crippen molar-refractivity contribution in [2.75, 3.05) is 11.9 Å². The zero-order valence-corrected chi connectivity index (χ0v) is 13.6. The van der Waals surface area contributed by atoms with E-state index >= 15 is 0 Å². The highest BCUT2D eigenvalue weighted by Crippen LogP contribution is 2.18. The zero-order valence-electron chi connectivity index (χ0n) is 12.0. The zero-order chi connectivity index (χ0) is 16.9. The quantitative estimate of drug-likeness (QED) is 0.887. The monoisotopic (exact) mass is 351 g/mol. The van der Waals surface area contributed by atoms with Crippen LogP contribution < -0.4 is 5.32 Å². The highest BCUT2D eigenvalue weighted by atomic mass is 35.5. The van der Waals surface area contributed by atoms with Crippen LogP contribution in [-0.4, -0.2) is 21.1 Å². The Morgan fingerprint density at radius 1 is 1.09 bits per heavy atom. The lowest BCUT2D eigenvalue weighted by atomic mass is 10.3. The van der Waals surface area contributed by atoms with E-state index in [2.05, 4.69) is 11.9 Å². The molecule has 0 aliphatic heterocycles. The molecule has 120 valence electrons. The number of anilines is 1. The lowest BCUT2D eigenvalue weighted by Gasteiger charge is -2.10. The summed E-state index contributed by atoms with van der Waals surface area (Å²) in [4.78, 5) is 11.6. The van der Waals surface area contributed by atoms with Crippen molar-refractivity contribution in [2.24, 2.45) is 0 Å². The molecular formula is C16H14ClNO4S. The number of ether oxygens (including phenoxy) is 1. The number of benzene rings is 2. The fourth-order valence-electron chi connectivity index (χ4n) is 1.68. The van der Waals surface area contributed by atoms with Crippen molar-refractivity contribution >= 4 is 33.2 Å². The van der Waals surface area contributed by atoms with Gasteiger partial charge in [0.2, 0.25) is 9.84 Å². The molecule has 1 amide bonds. The van der Waals surface area contributed by atoms with Gasteiger partial charge in [-0.25, -0.2) is 13.2 Å². The minimum Gasteiger partial charge on any atom is -0.444 e. The van der Waals surface area contributed by atoms with E-state index in [1.54, 1.807) is 42.5 Å². The van der Waals surface area contributed by atoms with Gasteiger partial charge in [0.05, 0.1) is 9.80 Å². The first-order valence-corrected chi connectivity index (χ1v) is 8.43. The molecule has 0 unspecified atom stereocenters. The van der Waals surface area contributed by atoms with Gasteiger partial charge in [0, 0.05) is 10.7 Å². The number of nitrogens with one attached hydrogen (secondary N) is 1. The summed E-state index contributed by atoms with van der Waals surface area (Å²) in [6.07, 6.45) is -0.781. The maximum Gasteiger partial charge on any atom is 0.411 e. The smallest absolute Gasteiger partial charge is 0.411 e. The van der Waals surface area contributed by atoms with Crippen molar-refractivity contribution in [3.63, 3.8) is 0 Å². The molecule has 23 heavy (non-hydrogen) atoms. The Bertz CT molecular complexity index is 802. The van der Waals surface area contributed by atoms with E-state index in [0.717, 1.165) is 0 Å². The Labute approximate surface area is 139 Å². The van der Waals surface area contributed by atoms with Gasteiger partial charge < -0.3 is 4.74 Å². The molecule has 0 aliphatic rings. The van der Waals surface area contributed by atoms with E-state index in [1.807, 2.05) is 0 Å². The van der Waals surface area contributed by atoms with Crippen LogP contribution in [0.4, 0.5) is 10.5 Å². The Morgan fingerprint density at radius 2 is 1.70 bits per heavy atom. The Morgan fingerprint density at radius 3 is 2.30 bits per heavy atom. The van der Waals surface area contributed by atoms with Crippen LogP contribution in [0.3, 0.4) is 0 Å². The predicted octanol–water partition coefficient (Wildman–Crippen LogP) is 3.88. The van der Waals surface area contributed by atoms with Gasteiger partial charge in [0.15, 0.2) is 0 Å². The summed E-state index contributed by atoms with van der Waals surface area (Å²) in [5.74, 6) is 0. The number of amides is 1. The van der Waals surface area contributed by atoms with Crippen molar-refractivity contribution in [1.29, 1.82) is 0 Å². The molecule has 0 bridgehead atoms. The Hall–Kier alpha value is -2.31. The molecule has 0 fully saturated rings. The van der Waals surface area contributed by atoms with Crippen LogP contribution in [0.15, 0.2) is 71.0 Å². The molecule has 1 N–H and O–H groups in total. The van der Waals surface area contributed by atoms with E-state index < -0.39 is 22.5 Å². The molecule has 0 aromatic heterocycles. The molecule has 2 rings (SSSR count). The maximum absolute atomic E-state index is 12.2. The van der Waals surface area contributed by atoms with Gasteiger partial charge in [-0.2, -0.15) is 0 Å². The van der Waals surface area contributed by atoms with Gasteiger partial charge in [-0.15, -0.1) is 0 Å². The summed E-state index contributed by atoms with van der Waals surface area (Å²) in [5, 5.41) is 2.99. The number of hydrogen-bond acceptors (Lipinski definition) is 4. The Balaban J connectivity index is 1.93. The summed E-state index contributed by atoms with van der Waals surface area (Å²) in [5.41, 5.74) is 0.482. The van der Waals surface area contributed by atoms with E-state index in [0.29, 0.717) is 10.7 Å². The topological polar surface area (TPSA) is 72.5 Å². The van der Waals surface area contributed by atoms with Crippen molar-refractivity contribution < 1.29 is 17.9 Å². The number of hydrogen-bond donors (Lipinski definition) is 1. The lowest BCUT2D eigenvalue weighted by molar-refractivity contribution is 0.173. The standard InChI is InChI=1S/C16H14ClNO4S/c1-12(23(20,21)15-5-3-2-4-6-15)11-22-16(19)18-14-9-7-13(17)8-10-14/h2-10H,1,11H2,(H,18,19). The van der Waals surface area contributed by atoms with Gasteiger partial charge in [-0.1, -0.05) is 36.4 Å². The predicted molar refractivity (Wildman–Crippen MR) is 89.2 cm³/mol. The SMILES string of the molecule is C=C(COC(=O)Nc1ccc(Cl)cc1)S(=O)(=O)c1ccccc1. The maximum atomic E-state index is 12.2. The summed E-state index contributed by atoms with van der Waals surface area (Å²) >= 11 is 5.74. The second-order valence-corrected chi connectivity index (χ2v) is 7.06. The molecular weight excluding hydrogens is 338 g/mol. The molecule has 0 atom stereocenters. The molecule has 0 spiro atoms. The van der Waals surface area contributed by atoms with Crippen molar-refractivity contribution in [3.8, 4) is 0 Å². The van der Waals surface area contributed by atoms with Gasteiger partial charge in [0.25, 0.3) is 0 Å². The second kappa shape index (κ2) is 7.30. The van der Waals surface area contributed by atoms with Crippen molar-refractivity contribution in [2.45, 2.75) is 4.90 Å². The molecule has 0 aliphatic carbocycles. The summed E-state index contributed by atoms with van der Waals surface area (Å²) in [7, 11) is -3.73. The van der Waals surface area contributed by atoms with E-state index in [1.165, 1.54) is 12.1 Å². The number of carbonyl (C=O) groups excluding carboxylic acids is 1. The van der Waals surface area contributed by atoms with Crippen LogP contribution in [0, 0.1) is 0 Å². The highest BCUT2D eigenvalue weighted by Gasteiger charge is 2.19. The average molecular weight is 352 g/mol. The fraction of sp³-hybridized carbons (Fsp3) is 0.0625. The van der Waals surface area contributed by atoms with Crippen LogP contribution in [0.2, 0.25) is 5.02 Å². The number of carbonyl (C=O) groups is 1. The van der Waals surface area contributed by atoms with Gasteiger partial charge in [-0.3, -0.25) is 5.32 Å². The molecule has 0 saturated heterocycles. The number of rotatable bonds is 5. The first-order chi connectivity index (χ1) is 10.9. The number of sulfone groups is 1. The summed E-state index contributed by atoms with van der Waals surface area (Å²) in [6.45, 7) is 3.05.